The summed E-state index contributed by atoms with van der Waals surface area (Å²) >= 11 is 0. The van der Waals surface area contributed by atoms with E-state index in [0.717, 1.165) is 16.7 Å². The van der Waals surface area contributed by atoms with Gasteiger partial charge in [0.25, 0.3) is 15.9 Å². The lowest BCUT2D eigenvalue weighted by Gasteiger charge is -2.13. The number of aryl methyl sites for hydroxylation is 3. The van der Waals surface area contributed by atoms with E-state index >= 15 is 0 Å². The summed E-state index contributed by atoms with van der Waals surface area (Å²) in [5, 5.41) is 2.82. The lowest BCUT2D eigenvalue weighted by Crippen LogP contribution is -2.16. The smallest absolute Gasteiger partial charge is 0.261 e. The van der Waals surface area contributed by atoms with E-state index in [4.69, 9.17) is 0 Å². The van der Waals surface area contributed by atoms with Gasteiger partial charge >= 0.3 is 0 Å². The first-order chi connectivity index (χ1) is 13.2. The lowest BCUT2D eigenvalue weighted by atomic mass is 10.1. The molecule has 5 nitrogen and oxygen atoms in total. The van der Waals surface area contributed by atoms with E-state index in [0.29, 0.717) is 16.9 Å². The molecule has 28 heavy (non-hydrogen) atoms. The normalized spacial score (nSPS) is 11.1. The molecule has 0 spiro atoms. The van der Waals surface area contributed by atoms with E-state index in [-0.39, 0.29) is 10.8 Å². The fourth-order valence-corrected chi connectivity index (χ4v) is 3.76. The summed E-state index contributed by atoms with van der Waals surface area (Å²) in [5.41, 5.74) is 4.22. The molecule has 0 aliphatic heterocycles. The van der Waals surface area contributed by atoms with Gasteiger partial charge in [0.2, 0.25) is 0 Å². The van der Waals surface area contributed by atoms with Crippen molar-refractivity contribution < 1.29 is 13.2 Å². The van der Waals surface area contributed by atoms with E-state index in [1.807, 2.05) is 38.1 Å². The third-order valence-electron chi connectivity index (χ3n) is 4.38. The molecule has 0 bridgehead atoms. The van der Waals surface area contributed by atoms with Gasteiger partial charge in [0.15, 0.2) is 0 Å². The van der Waals surface area contributed by atoms with Gasteiger partial charge in [0, 0.05) is 11.3 Å². The zero-order valence-corrected chi connectivity index (χ0v) is 16.8. The second kappa shape index (κ2) is 7.86. The predicted octanol–water partition coefficient (Wildman–Crippen LogP) is 4.66. The molecule has 0 saturated heterocycles. The molecule has 0 radical (unpaired) electrons. The van der Waals surface area contributed by atoms with Crippen LogP contribution in [0.15, 0.2) is 71.6 Å². The topological polar surface area (TPSA) is 75.3 Å². The third kappa shape index (κ3) is 4.58. The number of benzene rings is 3. The van der Waals surface area contributed by atoms with Crippen LogP contribution in [0.3, 0.4) is 0 Å². The summed E-state index contributed by atoms with van der Waals surface area (Å²) in [7, 11) is -3.74. The Kier molecular flexibility index (Phi) is 5.51. The van der Waals surface area contributed by atoms with Gasteiger partial charge < -0.3 is 5.32 Å². The maximum absolute atomic E-state index is 12.7. The summed E-state index contributed by atoms with van der Waals surface area (Å²) in [6, 6.07) is 19.0. The maximum Gasteiger partial charge on any atom is 0.261 e. The largest absolute Gasteiger partial charge is 0.322 e. The van der Waals surface area contributed by atoms with Crippen molar-refractivity contribution in [1.29, 1.82) is 0 Å². The number of rotatable bonds is 5. The Morgan fingerprint density at radius 1 is 0.786 bits per heavy atom. The first-order valence-electron chi connectivity index (χ1n) is 8.83. The molecule has 6 heteroatoms. The number of nitrogens with one attached hydrogen (secondary N) is 2. The number of carbonyl (C=O) groups excluding carboxylic acids is 1. The quantitative estimate of drug-likeness (QED) is 0.661. The van der Waals surface area contributed by atoms with Crippen molar-refractivity contribution in [3.8, 4) is 0 Å². The molecule has 144 valence electrons. The van der Waals surface area contributed by atoms with Crippen molar-refractivity contribution in [3.05, 3.63) is 89.0 Å². The molecule has 3 aromatic carbocycles. The fraction of sp³-hybridized carbons (Fsp3) is 0.136. The highest BCUT2D eigenvalue weighted by molar-refractivity contribution is 7.92. The summed E-state index contributed by atoms with van der Waals surface area (Å²) in [6.45, 7) is 5.65. The number of anilines is 2. The summed E-state index contributed by atoms with van der Waals surface area (Å²) < 4.78 is 27.9. The van der Waals surface area contributed by atoms with Crippen LogP contribution >= 0.6 is 0 Å². The second-order valence-electron chi connectivity index (χ2n) is 6.77. The van der Waals surface area contributed by atoms with E-state index < -0.39 is 10.0 Å². The molecule has 0 aliphatic rings. The zero-order chi connectivity index (χ0) is 20.3. The number of carbonyl (C=O) groups is 1. The molecular formula is C22H22N2O3S. The van der Waals surface area contributed by atoms with Crippen molar-refractivity contribution in [2.45, 2.75) is 25.7 Å². The minimum absolute atomic E-state index is 0.173. The number of amides is 1. The van der Waals surface area contributed by atoms with Crippen LogP contribution in [0.2, 0.25) is 0 Å². The Balaban J connectivity index is 1.83. The molecule has 0 atom stereocenters. The maximum atomic E-state index is 12.7. The number of hydrogen-bond donors (Lipinski definition) is 2. The monoisotopic (exact) mass is 394 g/mol. The standard InChI is InChI=1S/C22H22N2O3S/c1-15-4-10-19(11-5-15)23-22(25)18-9-8-17(3)21(14-18)24-28(26,27)20-12-6-16(2)7-13-20/h4-14,24H,1-3H3,(H,23,25). The van der Waals surface area contributed by atoms with Gasteiger partial charge in [-0.3, -0.25) is 9.52 Å². The Bertz CT molecular complexity index is 1100. The molecular weight excluding hydrogens is 372 g/mol. The third-order valence-corrected chi connectivity index (χ3v) is 5.77. The Labute approximate surface area is 165 Å². The van der Waals surface area contributed by atoms with Crippen LogP contribution in [-0.4, -0.2) is 14.3 Å². The summed E-state index contributed by atoms with van der Waals surface area (Å²) in [4.78, 5) is 12.7. The van der Waals surface area contributed by atoms with E-state index in [9.17, 15) is 13.2 Å². The van der Waals surface area contributed by atoms with Crippen LogP contribution in [0.4, 0.5) is 11.4 Å². The first kappa shape index (κ1) is 19.6. The highest BCUT2D eigenvalue weighted by Gasteiger charge is 2.16. The molecule has 3 aromatic rings. The molecule has 0 aromatic heterocycles. The number of hydrogen-bond acceptors (Lipinski definition) is 3. The van der Waals surface area contributed by atoms with Gasteiger partial charge in [0.05, 0.1) is 10.6 Å². The Morgan fingerprint density at radius 3 is 1.96 bits per heavy atom. The molecule has 3 rings (SSSR count). The van der Waals surface area contributed by atoms with E-state index in [1.165, 1.54) is 0 Å². The minimum Gasteiger partial charge on any atom is -0.322 e. The molecule has 0 fully saturated rings. The van der Waals surface area contributed by atoms with Gasteiger partial charge in [0.1, 0.15) is 0 Å². The molecule has 0 unspecified atom stereocenters. The molecule has 1 amide bonds. The van der Waals surface area contributed by atoms with Crippen molar-refractivity contribution in [2.24, 2.45) is 0 Å². The first-order valence-corrected chi connectivity index (χ1v) is 10.3. The van der Waals surface area contributed by atoms with E-state index in [2.05, 4.69) is 10.0 Å². The van der Waals surface area contributed by atoms with Crippen molar-refractivity contribution in [1.82, 2.24) is 0 Å². The van der Waals surface area contributed by atoms with Gasteiger partial charge in [-0.15, -0.1) is 0 Å². The Hall–Kier alpha value is -3.12. The van der Waals surface area contributed by atoms with Gasteiger partial charge in [-0.25, -0.2) is 8.42 Å². The molecule has 0 heterocycles. The van der Waals surface area contributed by atoms with Crippen molar-refractivity contribution in [3.63, 3.8) is 0 Å². The van der Waals surface area contributed by atoms with Gasteiger partial charge in [-0.1, -0.05) is 41.5 Å². The average Bonchev–Trinajstić information content (AvgIpc) is 2.65. The second-order valence-corrected chi connectivity index (χ2v) is 8.45. The fourth-order valence-electron chi connectivity index (χ4n) is 2.63. The van der Waals surface area contributed by atoms with Crippen LogP contribution in [0.25, 0.3) is 0 Å². The zero-order valence-electron chi connectivity index (χ0n) is 16.0. The van der Waals surface area contributed by atoms with Crippen LogP contribution in [0.5, 0.6) is 0 Å². The van der Waals surface area contributed by atoms with Crippen molar-refractivity contribution in [2.75, 3.05) is 10.0 Å². The SMILES string of the molecule is Cc1ccc(NC(=O)c2ccc(C)c(NS(=O)(=O)c3ccc(C)cc3)c2)cc1. The molecule has 0 aliphatic carbocycles. The van der Waals surface area contributed by atoms with Crippen molar-refractivity contribution >= 4 is 27.3 Å². The van der Waals surface area contributed by atoms with E-state index in [1.54, 1.807) is 49.4 Å². The van der Waals surface area contributed by atoms with Crippen LogP contribution in [-0.2, 0) is 10.0 Å². The van der Waals surface area contributed by atoms with Crippen LogP contribution in [0.1, 0.15) is 27.0 Å². The minimum atomic E-state index is -3.74. The predicted molar refractivity (Wildman–Crippen MR) is 112 cm³/mol. The highest BCUT2D eigenvalue weighted by atomic mass is 32.2. The lowest BCUT2D eigenvalue weighted by molar-refractivity contribution is 0.102. The van der Waals surface area contributed by atoms with Crippen LogP contribution < -0.4 is 10.0 Å². The Morgan fingerprint density at radius 2 is 1.36 bits per heavy atom. The van der Waals surface area contributed by atoms with Gasteiger partial charge in [-0.05, 0) is 62.7 Å². The highest BCUT2D eigenvalue weighted by Crippen LogP contribution is 2.22. The summed E-state index contributed by atoms with van der Waals surface area (Å²) in [5.74, 6) is -0.306. The van der Waals surface area contributed by atoms with Gasteiger partial charge in [-0.2, -0.15) is 0 Å². The average molecular weight is 394 g/mol. The summed E-state index contributed by atoms with van der Waals surface area (Å²) in [6.07, 6.45) is 0. The number of sulfonamides is 1. The molecule has 2 N–H and O–H groups in total. The van der Waals surface area contributed by atoms with Crippen LogP contribution in [0, 0.1) is 20.8 Å². The molecule has 0 saturated carbocycles.